The van der Waals surface area contributed by atoms with Crippen molar-refractivity contribution in [3.63, 3.8) is 0 Å². The van der Waals surface area contributed by atoms with Crippen LogP contribution in [-0.4, -0.2) is 41.8 Å². The number of nitrogens with one attached hydrogen (secondary N) is 1. The monoisotopic (exact) mass is 299 g/mol. The Morgan fingerprint density at radius 2 is 1.70 bits per heavy atom. The summed E-state index contributed by atoms with van der Waals surface area (Å²) < 4.78 is 40.9. The van der Waals surface area contributed by atoms with E-state index in [1.54, 1.807) is 20.8 Å². The average Bonchev–Trinajstić information content (AvgIpc) is 2.21. The third kappa shape index (κ3) is 7.59. The summed E-state index contributed by atoms with van der Waals surface area (Å²) >= 11 is 0. The number of esters is 1. The second-order valence-corrected chi connectivity index (χ2v) is 5.29. The number of aliphatic carboxylic acids is 1. The molecule has 116 valence electrons. The third-order valence-corrected chi connectivity index (χ3v) is 1.87. The standard InChI is InChI=1S/C11H16F3NO5/c1-10(2,3)5-20-8(18)6(4-7(16)17)15-9(19)11(12,13)14/h6H,4-5H2,1-3H3,(H,15,19)(H,16,17)/t6-/m0/s1. The van der Waals surface area contributed by atoms with E-state index in [0.717, 1.165) is 0 Å². The SMILES string of the molecule is CC(C)(C)COC(=O)[C@H](CC(=O)O)NC(=O)C(F)(F)F. The van der Waals surface area contributed by atoms with Crippen molar-refractivity contribution in [2.45, 2.75) is 39.4 Å². The van der Waals surface area contributed by atoms with Gasteiger partial charge < -0.3 is 15.2 Å². The van der Waals surface area contributed by atoms with E-state index in [0.29, 0.717) is 0 Å². The molecule has 0 heterocycles. The van der Waals surface area contributed by atoms with Crippen LogP contribution in [0.25, 0.3) is 0 Å². The number of hydrogen-bond acceptors (Lipinski definition) is 4. The zero-order chi connectivity index (χ0) is 16.1. The van der Waals surface area contributed by atoms with E-state index in [1.807, 2.05) is 0 Å². The number of amides is 1. The van der Waals surface area contributed by atoms with Gasteiger partial charge in [0.15, 0.2) is 0 Å². The van der Waals surface area contributed by atoms with Gasteiger partial charge in [0, 0.05) is 0 Å². The van der Waals surface area contributed by atoms with Crippen molar-refractivity contribution < 1.29 is 37.4 Å². The molecule has 9 heteroatoms. The van der Waals surface area contributed by atoms with Gasteiger partial charge in [-0.3, -0.25) is 9.59 Å². The first-order valence-electron chi connectivity index (χ1n) is 5.59. The maximum Gasteiger partial charge on any atom is 0.471 e. The summed E-state index contributed by atoms with van der Waals surface area (Å²) in [6, 6.07) is -1.89. The smallest absolute Gasteiger partial charge is 0.471 e. The minimum Gasteiger partial charge on any atom is -0.481 e. The first-order valence-corrected chi connectivity index (χ1v) is 5.59. The van der Waals surface area contributed by atoms with Gasteiger partial charge in [-0.1, -0.05) is 20.8 Å². The molecule has 0 spiro atoms. The lowest BCUT2D eigenvalue weighted by Crippen LogP contribution is -2.48. The van der Waals surface area contributed by atoms with Crippen LogP contribution in [0.1, 0.15) is 27.2 Å². The highest BCUT2D eigenvalue weighted by Crippen LogP contribution is 2.16. The Kier molecular flexibility index (Phi) is 5.98. The Balaban J connectivity index is 4.76. The lowest BCUT2D eigenvalue weighted by Gasteiger charge is -2.21. The minimum atomic E-state index is -5.21. The number of alkyl halides is 3. The zero-order valence-electron chi connectivity index (χ0n) is 11.2. The van der Waals surface area contributed by atoms with Gasteiger partial charge in [-0.2, -0.15) is 13.2 Å². The molecule has 0 unspecified atom stereocenters. The maximum atomic E-state index is 12.1. The van der Waals surface area contributed by atoms with Crippen LogP contribution in [0.15, 0.2) is 0 Å². The molecular formula is C11H16F3NO5. The van der Waals surface area contributed by atoms with Crippen molar-refractivity contribution >= 4 is 17.8 Å². The molecule has 20 heavy (non-hydrogen) atoms. The van der Waals surface area contributed by atoms with Crippen LogP contribution in [0.4, 0.5) is 13.2 Å². The summed E-state index contributed by atoms with van der Waals surface area (Å²) in [7, 11) is 0. The van der Waals surface area contributed by atoms with E-state index in [1.165, 1.54) is 5.32 Å². The Bertz CT molecular complexity index is 387. The fourth-order valence-corrected chi connectivity index (χ4v) is 0.996. The Labute approximate surface area is 113 Å². The molecule has 0 aliphatic heterocycles. The molecule has 0 saturated heterocycles. The quantitative estimate of drug-likeness (QED) is 0.741. The molecule has 1 atom stereocenters. The molecule has 6 nitrogen and oxygen atoms in total. The summed E-state index contributed by atoms with van der Waals surface area (Å²) in [5, 5.41) is 9.84. The second kappa shape index (κ2) is 6.58. The highest BCUT2D eigenvalue weighted by atomic mass is 19.4. The summed E-state index contributed by atoms with van der Waals surface area (Å²) in [6.45, 7) is 5.01. The first-order chi connectivity index (χ1) is 8.83. The molecule has 0 saturated carbocycles. The zero-order valence-corrected chi connectivity index (χ0v) is 11.2. The van der Waals surface area contributed by atoms with Crippen molar-refractivity contribution in [2.24, 2.45) is 5.41 Å². The van der Waals surface area contributed by atoms with Gasteiger partial charge in [0.1, 0.15) is 6.04 Å². The number of carbonyl (C=O) groups excluding carboxylic acids is 2. The minimum absolute atomic E-state index is 0.121. The van der Waals surface area contributed by atoms with E-state index in [9.17, 15) is 27.6 Å². The topological polar surface area (TPSA) is 92.7 Å². The molecule has 0 aromatic rings. The van der Waals surface area contributed by atoms with E-state index in [4.69, 9.17) is 9.84 Å². The third-order valence-electron chi connectivity index (χ3n) is 1.87. The van der Waals surface area contributed by atoms with Gasteiger partial charge in [-0.25, -0.2) is 4.79 Å². The van der Waals surface area contributed by atoms with Gasteiger partial charge in [0.25, 0.3) is 0 Å². The number of ether oxygens (including phenoxy) is 1. The average molecular weight is 299 g/mol. The molecule has 0 fully saturated rings. The van der Waals surface area contributed by atoms with E-state index in [2.05, 4.69) is 0 Å². The fraction of sp³-hybridized carbons (Fsp3) is 0.727. The predicted octanol–water partition coefficient (Wildman–Crippen LogP) is 1.10. The molecule has 0 aromatic carbocycles. The van der Waals surface area contributed by atoms with Crippen molar-refractivity contribution in [2.75, 3.05) is 6.61 Å². The van der Waals surface area contributed by atoms with Crippen molar-refractivity contribution in [1.29, 1.82) is 0 Å². The van der Waals surface area contributed by atoms with Gasteiger partial charge in [-0.05, 0) is 5.41 Å². The van der Waals surface area contributed by atoms with Gasteiger partial charge in [-0.15, -0.1) is 0 Å². The van der Waals surface area contributed by atoms with Crippen molar-refractivity contribution in [3.05, 3.63) is 0 Å². The summed E-state index contributed by atoms with van der Waals surface area (Å²) in [5.74, 6) is -5.15. The molecule has 0 aromatic heterocycles. The lowest BCUT2D eigenvalue weighted by atomic mass is 9.99. The van der Waals surface area contributed by atoms with E-state index >= 15 is 0 Å². The molecule has 0 aliphatic carbocycles. The Morgan fingerprint density at radius 1 is 1.20 bits per heavy atom. The van der Waals surface area contributed by atoms with E-state index in [-0.39, 0.29) is 6.61 Å². The van der Waals surface area contributed by atoms with Crippen LogP contribution in [0.5, 0.6) is 0 Å². The molecule has 0 bridgehead atoms. The van der Waals surface area contributed by atoms with Crippen LogP contribution >= 0.6 is 0 Å². The molecule has 0 rings (SSSR count). The van der Waals surface area contributed by atoms with Gasteiger partial charge >= 0.3 is 24.0 Å². The number of hydrogen-bond donors (Lipinski definition) is 2. The summed E-state index contributed by atoms with van der Waals surface area (Å²) in [5.41, 5.74) is -0.447. The number of carboxylic acid groups (broad SMARTS) is 1. The maximum absolute atomic E-state index is 12.1. The number of carboxylic acids is 1. The van der Waals surface area contributed by atoms with Crippen LogP contribution in [0.2, 0.25) is 0 Å². The molecule has 2 N–H and O–H groups in total. The second-order valence-electron chi connectivity index (χ2n) is 5.29. The van der Waals surface area contributed by atoms with Gasteiger partial charge in [0.05, 0.1) is 13.0 Å². The summed E-state index contributed by atoms with van der Waals surface area (Å²) in [4.78, 5) is 32.8. The van der Waals surface area contributed by atoms with E-state index < -0.39 is 41.9 Å². The fourth-order valence-electron chi connectivity index (χ4n) is 0.996. The van der Waals surface area contributed by atoms with Crippen molar-refractivity contribution in [3.8, 4) is 0 Å². The molecular weight excluding hydrogens is 283 g/mol. The highest BCUT2D eigenvalue weighted by molar-refractivity contribution is 5.89. The Morgan fingerprint density at radius 3 is 2.05 bits per heavy atom. The van der Waals surface area contributed by atoms with Crippen molar-refractivity contribution in [1.82, 2.24) is 5.32 Å². The van der Waals surface area contributed by atoms with Crippen LogP contribution in [-0.2, 0) is 19.1 Å². The summed E-state index contributed by atoms with van der Waals surface area (Å²) in [6.07, 6.45) is -6.20. The lowest BCUT2D eigenvalue weighted by molar-refractivity contribution is -0.176. The number of halogens is 3. The first kappa shape index (κ1) is 18.2. The number of rotatable bonds is 5. The number of carbonyl (C=O) groups is 3. The van der Waals surface area contributed by atoms with Crippen LogP contribution < -0.4 is 5.32 Å². The molecule has 0 radical (unpaired) electrons. The molecule has 1 amide bonds. The Hall–Kier alpha value is -1.80. The van der Waals surface area contributed by atoms with Crippen LogP contribution in [0, 0.1) is 5.41 Å². The van der Waals surface area contributed by atoms with Gasteiger partial charge in [0.2, 0.25) is 0 Å². The highest BCUT2D eigenvalue weighted by Gasteiger charge is 2.41. The predicted molar refractivity (Wildman–Crippen MR) is 60.7 cm³/mol. The molecule has 0 aliphatic rings. The normalized spacial score (nSPS) is 13.5. The van der Waals surface area contributed by atoms with Crippen LogP contribution in [0.3, 0.4) is 0 Å². The largest absolute Gasteiger partial charge is 0.481 e.